The summed E-state index contributed by atoms with van der Waals surface area (Å²) in [6.07, 6.45) is 3.75. The van der Waals surface area contributed by atoms with Crippen molar-refractivity contribution in [1.29, 1.82) is 0 Å². The SMILES string of the molecule is O=C1CC(CO)CN1c1ccc(N2CCCCC2)c(F)c1. The molecule has 1 amide bonds. The lowest BCUT2D eigenvalue weighted by Gasteiger charge is -2.29. The summed E-state index contributed by atoms with van der Waals surface area (Å²) in [5.74, 6) is -0.351. The van der Waals surface area contributed by atoms with Gasteiger partial charge in [0.1, 0.15) is 5.82 Å². The van der Waals surface area contributed by atoms with Gasteiger partial charge in [-0.15, -0.1) is 0 Å². The summed E-state index contributed by atoms with van der Waals surface area (Å²) in [4.78, 5) is 15.6. The molecule has 0 spiro atoms. The molecule has 1 N–H and O–H groups in total. The van der Waals surface area contributed by atoms with Gasteiger partial charge in [-0.05, 0) is 37.5 Å². The summed E-state index contributed by atoms with van der Waals surface area (Å²) in [5, 5.41) is 9.16. The number of carbonyl (C=O) groups is 1. The van der Waals surface area contributed by atoms with E-state index in [2.05, 4.69) is 4.90 Å². The molecule has 0 aliphatic carbocycles. The van der Waals surface area contributed by atoms with E-state index in [0.717, 1.165) is 25.9 Å². The fourth-order valence-electron chi connectivity index (χ4n) is 3.21. The van der Waals surface area contributed by atoms with E-state index in [0.29, 0.717) is 24.3 Å². The molecular weight excluding hydrogens is 271 g/mol. The third-order valence-corrected chi connectivity index (χ3v) is 4.40. The second-order valence-electron chi connectivity index (χ2n) is 5.94. The summed E-state index contributed by atoms with van der Waals surface area (Å²) in [6.45, 7) is 2.26. The largest absolute Gasteiger partial charge is 0.396 e. The van der Waals surface area contributed by atoms with E-state index in [4.69, 9.17) is 5.11 Å². The summed E-state index contributed by atoms with van der Waals surface area (Å²) in [5.41, 5.74) is 1.22. The van der Waals surface area contributed by atoms with Crippen LogP contribution in [0.1, 0.15) is 25.7 Å². The maximum atomic E-state index is 14.4. The molecule has 114 valence electrons. The Hall–Kier alpha value is -1.62. The topological polar surface area (TPSA) is 43.8 Å². The van der Waals surface area contributed by atoms with E-state index in [9.17, 15) is 9.18 Å². The first-order valence-corrected chi connectivity index (χ1v) is 7.65. The maximum absolute atomic E-state index is 14.4. The van der Waals surface area contributed by atoms with Gasteiger partial charge in [0.15, 0.2) is 0 Å². The molecule has 0 saturated carbocycles. The van der Waals surface area contributed by atoms with Crippen molar-refractivity contribution < 1.29 is 14.3 Å². The number of amides is 1. The minimum Gasteiger partial charge on any atom is -0.396 e. The normalized spacial score (nSPS) is 23.0. The molecule has 2 aliphatic heterocycles. The monoisotopic (exact) mass is 292 g/mol. The molecule has 0 bridgehead atoms. The number of hydrogen-bond donors (Lipinski definition) is 1. The molecule has 1 aromatic carbocycles. The van der Waals surface area contributed by atoms with Crippen molar-refractivity contribution >= 4 is 17.3 Å². The van der Waals surface area contributed by atoms with Gasteiger partial charge < -0.3 is 14.9 Å². The van der Waals surface area contributed by atoms with Gasteiger partial charge in [0, 0.05) is 44.3 Å². The van der Waals surface area contributed by atoms with Crippen LogP contribution in [0.3, 0.4) is 0 Å². The highest BCUT2D eigenvalue weighted by Gasteiger charge is 2.30. The Balaban J connectivity index is 1.79. The smallest absolute Gasteiger partial charge is 0.227 e. The van der Waals surface area contributed by atoms with Crippen molar-refractivity contribution in [3.05, 3.63) is 24.0 Å². The molecule has 2 aliphatic rings. The molecule has 5 heteroatoms. The molecule has 4 nitrogen and oxygen atoms in total. The Morgan fingerprint density at radius 3 is 2.62 bits per heavy atom. The Morgan fingerprint density at radius 2 is 2.00 bits per heavy atom. The number of halogens is 1. The van der Waals surface area contributed by atoms with Crippen LogP contribution in [0, 0.1) is 11.7 Å². The summed E-state index contributed by atoms with van der Waals surface area (Å²) in [7, 11) is 0. The molecule has 1 atom stereocenters. The van der Waals surface area contributed by atoms with E-state index in [1.165, 1.54) is 12.5 Å². The number of aliphatic hydroxyl groups excluding tert-OH is 1. The molecule has 2 fully saturated rings. The lowest BCUT2D eigenvalue weighted by Crippen LogP contribution is -2.30. The van der Waals surface area contributed by atoms with E-state index in [1.54, 1.807) is 11.0 Å². The van der Waals surface area contributed by atoms with Crippen LogP contribution in [0.25, 0.3) is 0 Å². The van der Waals surface area contributed by atoms with Crippen molar-refractivity contribution in [1.82, 2.24) is 0 Å². The number of anilines is 2. The van der Waals surface area contributed by atoms with Gasteiger partial charge in [-0.3, -0.25) is 4.79 Å². The molecule has 2 saturated heterocycles. The molecular formula is C16H21FN2O2. The number of benzene rings is 1. The average molecular weight is 292 g/mol. The zero-order valence-electron chi connectivity index (χ0n) is 12.1. The molecule has 1 aromatic rings. The number of piperidine rings is 1. The summed E-state index contributed by atoms with van der Waals surface area (Å²) < 4.78 is 14.4. The molecule has 1 unspecified atom stereocenters. The van der Waals surface area contributed by atoms with Gasteiger partial charge in [0.25, 0.3) is 0 Å². The van der Waals surface area contributed by atoms with Crippen molar-refractivity contribution in [2.75, 3.05) is 36.0 Å². The standard InChI is InChI=1S/C16H21FN2O2/c17-14-9-13(19-10-12(11-20)8-16(19)21)4-5-15(14)18-6-2-1-3-7-18/h4-5,9,12,20H,1-3,6-8,10-11H2. The maximum Gasteiger partial charge on any atom is 0.227 e. The molecule has 2 heterocycles. The second-order valence-corrected chi connectivity index (χ2v) is 5.94. The molecule has 21 heavy (non-hydrogen) atoms. The van der Waals surface area contributed by atoms with E-state index >= 15 is 0 Å². The first kappa shape index (κ1) is 14.3. The van der Waals surface area contributed by atoms with E-state index < -0.39 is 0 Å². The summed E-state index contributed by atoms with van der Waals surface area (Å²) in [6, 6.07) is 5.03. The van der Waals surface area contributed by atoms with Gasteiger partial charge in [0.05, 0.1) is 5.69 Å². The Morgan fingerprint density at radius 1 is 1.24 bits per heavy atom. The highest BCUT2D eigenvalue weighted by Crippen LogP contribution is 2.30. The Kier molecular flexibility index (Phi) is 4.10. The summed E-state index contributed by atoms with van der Waals surface area (Å²) >= 11 is 0. The van der Waals surface area contributed by atoms with Crippen molar-refractivity contribution in [2.24, 2.45) is 5.92 Å². The van der Waals surface area contributed by atoms with E-state index in [1.807, 2.05) is 6.07 Å². The van der Waals surface area contributed by atoms with Crippen LogP contribution < -0.4 is 9.80 Å². The average Bonchev–Trinajstić information content (AvgIpc) is 2.89. The number of aliphatic hydroxyl groups is 1. The van der Waals surface area contributed by atoms with Gasteiger partial charge in [0.2, 0.25) is 5.91 Å². The van der Waals surface area contributed by atoms with Gasteiger partial charge in [-0.2, -0.15) is 0 Å². The fourth-order valence-corrected chi connectivity index (χ4v) is 3.21. The second kappa shape index (κ2) is 6.02. The van der Waals surface area contributed by atoms with E-state index in [-0.39, 0.29) is 24.2 Å². The minimum absolute atomic E-state index is 0.00339. The number of nitrogens with zero attached hydrogens (tertiary/aromatic N) is 2. The highest BCUT2D eigenvalue weighted by atomic mass is 19.1. The highest BCUT2D eigenvalue weighted by molar-refractivity contribution is 5.95. The van der Waals surface area contributed by atoms with Crippen molar-refractivity contribution in [2.45, 2.75) is 25.7 Å². The van der Waals surface area contributed by atoms with Gasteiger partial charge >= 0.3 is 0 Å². The van der Waals surface area contributed by atoms with Crippen LogP contribution in [0.5, 0.6) is 0 Å². The first-order valence-electron chi connectivity index (χ1n) is 7.65. The molecule has 0 radical (unpaired) electrons. The number of carbonyl (C=O) groups excluding carboxylic acids is 1. The van der Waals surface area contributed by atoms with Gasteiger partial charge in [-0.25, -0.2) is 4.39 Å². The zero-order valence-corrected chi connectivity index (χ0v) is 12.1. The molecule has 0 aromatic heterocycles. The zero-order chi connectivity index (χ0) is 14.8. The Bertz CT molecular complexity index is 529. The van der Waals surface area contributed by atoms with Crippen molar-refractivity contribution in [3.8, 4) is 0 Å². The molecule has 3 rings (SSSR count). The van der Waals surface area contributed by atoms with Crippen LogP contribution in [0.2, 0.25) is 0 Å². The third-order valence-electron chi connectivity index (χ3n) is 4.40. The minimum atomic E-state index is -0.269. The fraction of sp³-hybridized carbons (Fsp3) is 0.562. The van der Waals surface area contributed by atoms with Crippen LogP contribution in [0.4, 0.5) is 15.8 Å². The first-order chi connectivity index (χ1) is 10.2. The van der Waals surface area contributed by atoms with Crippen molar-refractivity contribution in [3.63, 3.8) is 0 Å². The van der Waals surface area contributed by atoms with Crippen LogP contribution >= 0.6 is 0 Å². The predicted octanol–water partition coefficient (Wildman–Crippen LogP) is 2.16. The lowest BCUT2D eigenvalue weighted by molar-refractivity contribution is -0.117. The quantitative estimate of drug-likeness (QED) is 0.928. The Labute approximate surface area is 124 Å². The van der Waals surface area contributed by atoms with Crippen LogP contribution in [-0.2, 0) is 4.79 Å². The van der Waals surface area contributed by atoms with Gasteiger partial charge in [-0.1, -0.05) is 0 Å². The van der Waals surface area contributed by atoms with Crippen LogP contribution in [-0.4, -0.2) is 37.3 Å². The van der Waals surface area contributed by atoms with Crippen LogP contribution in [0.15, 0.2) is 18.2 Å². The predicted molar refractivity (Wildman–Crippen MR) is 80.0 cm³/mol. The lowest BCUT2D eigenvalue weighted by atomic mass is 10.1. The number of hydrogen-bond acceptors (Lipinski definition) is 3. The number of rotatable bonds is 3. The third kappa shape index (κ3) is 2.88.